The average molecular weight is 362 g/mol. The summed E-state index contributed by atoms with van der Waals surface area (Å²) in [6.07, 6.45) is -0.0313. The fraction of sp³-hybridized carbons (Fsp3) is 0.350. The summed E-state index contributed by atoms with van der Waals surface area (Å²) in [7, 11) is 0. The summed E-state index contributed by atoms with van der Waals surface area (Å²) in [6.45, 7) is 6.81. The first-order valence-corrected chi connectivity index (χ1v) is 8.78. The zero-order valence-corrected chi connectivity index (χ0v) is 15.6. The smallest absolute Gasteiger partial charge is 0.261 e. The molecule has 5 heteroatoms. The van der Waals surface area contributed by atoms with Gasteiger partial charge in [0.1, 0.15) is 18.1 Å². The van der Waals surface area contributed by atoms with Gasteiger partial charge in [0.05, 0.1) is 11.6 Å². The Kier molecular flexibility index (Phi) is 7.14. The molecule has 0 bridgehead atoms. The molecule has 1 N–H and O–H groups in total. The maximum absolute atomic E-state index is 12.3. The fourth-order valence-electron chi connectivity index (χ4n) is 2.28. The SMILES string of the molecule is CCC(Oc1ccccc1Cl)C(=O)NCCOc1ccc(C)c(C)c1. The number of hydrogen-bond donors (Lipinski definition) is 1. The molecule has 0 saturated heterocycles. The molecule has 2 aromatic rings. The minimum absolute atomic E-state index is 0.175. The lowest BCUT2D eigenvalue weighted by Crippen LogP contribution is -2.39. The van der Waals surface area contributed by atoms with E-state index in [4.69, 9.17) is 21.1 Å². The molecule has 2 rings (SSSR count). The third-order valence-corrected chi connectivity index (χ3v) is 4.23. The molecule has 0 aromatic heterocycles. The van der Waals surface area contributed by atoms with Crippen molar-refractivity contribution in [2.45, 2.75) is 33.3 Å². The van der Waals surface area contributed by atoms with Crippen molar-refractivity contribution in [3.63, 3.8) is 0 Å². The molecular weight excluding hydrogens is 338 g/mol. The van der Waals surface area contributed by atoms with Gasteiger partial charge in [-0.1, -0.05) is 36.7 Å². The number of rotatable bonds is 8. The van der Waals surface area contributed by atoms with Crippen LogP contribution in [0, 0.1) is 13.8 Å². The molecule has 0 heterocycles. The van der Waals surface area contributed by atoms with Crippen LogP contribution in [0.1, 0.15) is 24.5 Å². The van der Waals surface area contributed by atoms with Crippen LogP contribution in [0.5, 0.6) is 11.5 Å². The molecule has 0 aliphatic rings. The standard InChI is InChI=1S/C20H24ClNO3/c1-4-18(25-19-8-6-5-7-17(19)21)20(23)22-11-12-24-16-10-9-14(2)15(3)13-16/h5-10,13,18H,4,11-12H2,1-3H3,(H,22,23). The molecule has 134 valence electrons. The van der Waals surface area contributed by atoms with Gasteiger partial charge in [-0.2, -0.15) is 0 Å². The molecule has 0 spiro atoms. The predicted molar refractivity (Wildman–Crippen MR) is 101 cm³/mol. The third-order valence-electron chi connectivity index (χ3n) is 3.92. The summed E-state index contributed by atoms with van der Waals surface area (Å²) in [5, 5.41) is 3.33. The maximum atomic E-state index is 12.3. The third kappa shape index (κ3) is 5.68. The number of ether oxygens (including phenoxy) is 2. The molecule has 0 fully saturated rings. The minimum Gasteiger partial charge on any atom is -0.492 e. The van der Waals surface area contributed by atoms with Gasteiger partial charge in [-0.05, 0) is 55.7 Å². The monoisotopic (exact) mass is 361 g/mol. The second kappa shape index (κ2) is 9.33. The van der Waals surface area contributed by atoms with E-state index in [0.717, 1.165) is 5.75 Å². The average Bonchev–Trinajstić information content (AvgIpc) is 2.60. The van der Waals surface area contributed by atoms with Gasteiger partial charge < -0.3 is 14.8 Å². The number of carbonyl (C=O) groups excluding carboxylic acids is 1. The number of nitrogens with one attached hydrogen (secondary N) is 1. The van der Waals surface area contributed by atoms with E-state index in [1.54, 1.807) is 12.1 Å². The second-order valence-electron chi connectivity index (χ2n) is 5.83. The lowest BCUT2D eigenvalue weighted by molar-refractivity contribution is -0.128. The number of hydrogen-bond acceptors (Lipinski definition) is 3. The Hall–Kier alpha value is -2.20. The van der Waals surface area contributed by atoms with E-state index in [1.807, 2.05) is 44.2 Å². The van der Waals surface area contributed by atoms with Crippen LogP contribution in [0.2, 0.25) is 5.02 Å². The van der Waals surface area contributed by atoms with E-state index in [0.29, 0.717) is 30.3 Å². The lowest BCUT2D eigenvalue weighted by Gasteiger charge is -2.18. The first-order valence-electron chi connectivity index (χ1n) is 8.40. The molecule has 25 heavy (non-hydrogen) atoms. The number of para-hydroxylation sites is 1. The van der Waals surface area contributed by atoms with E-state index >= 15 is 0 Å². The highest BCUT2D eigenvalue weighted by atomic mass is 35.5. The van der Waals surface area contributed by atoms with Crippen molar-refractivity contribution in [2.24, 2.45) is 0 Å². The van der Waals surface area contributed by atoms with Crippen molar-refractivity contribution in [3.8, 4) is 11.5 Å². The number of benzene rings is 2. The Morgan fingerprint density at radius 2 is 1.92 bits per heavy atom. The highest BCUT2D eigenvalue weighted by molar-refractivity contribution is 6.32. The first kappa shape index (κ1) is 19.1. The Morgan fingerprint density at radius 1 is 1.16 bits per heavy atom. The van der Waals surface area contributed by atoms with Gasteiger partial charge in [-0.25, -0.2) is 0 Å². The summed E-state index contributed by atoms with van der Waals surface area (Å²) in [6, 6.07) is 13.1. The molecule has 1 amide bonds. The van der Waals surface area contributed by atoms with Gasteiger partial charge in [-0.3, -0.25) is 4.79 Å². The predicted octanol–water partition coefficient (Wildman–Crippen LogP) is 4.31. The van der Waals surface area contributed by atoms with Crippen LogP contribution in [0.25, 0.3) is 0 Å². The van der Waals surface area contributed by atoms with Crippen LogP contribution in [-0.4, -0.2) is 25.2 Å². The quantitative estimate of drug-likeness (QED) is 0.713. The van der Waals surface area contributed by atoms with Crippen molar-refractivity contribution in [2.75, 3.05) is 13.2 Å². The van der Waals surface area contributed by atoms with E-state index in [9.17, 15) is 4.79 Å². The first-order chi connectivity index (χ1) is 12.0. The minimum atomic E-state index is -0.582. The van der Waals surface area contributed by atoms with Crippen molar-refractivity contribution < 1.29 is 14.3 Å². The summed E-state index contributed by atoms with van der Waals surface area (Å²) in [5.41, 5.74) is 2.41. The molecule has 2 aromatic carbocycles. The molecular formula is C20H24ClNO3. The number of carbonyl (C=O) groups is 1. The maximum Gasteiger partial charge on any atom is 0.261 e. The van der Waals surface area contributed by atoms with Crippen LogP contribution in [-0.2, 0) is 4.79 Å². The topological polar surface area (TPSA) is 47.6 Å². The Morgan fingerprint density at radius 3 is 2.60 bits per heavy atom. The second-order valence-corrected chi connectivity index (χ2v) is 6.24. The molecule has 4 nitrogen and oxygen atoms in total. The van der Waals surface area contributed by atoms with Gasteiger partial charge in [0.15, 0.2) is 6.10 Å². The van der Waals surface area contributed by atoms with E-state index < -0.39 is 6.10 Å². The summed E-state index contributed by atoms with van der Waals surface area (Å²) < 4.78 is 11.4. The van der Waals surface area contributed by atoms with Crippen LogP contribution in [0.15, 0.2) is 42.5 Å². The number of aryl methyl sites for hydroxylation is 2. The van der Waals surface area contributed by atoms with Crippen molar-refractivity contribution in [1.82, 2.24) is 5.32 Å². The Labute approximate surface area is 154 Å². The Balaban J connectivity index is 1.79. The van der Waals surface area contributed by atoms with E-state index in [2.05, 4.69) is 12.2 Å². The fourth-order valence-corrected chi connectivity index (χ4v) is 2.46. The summed E-state index contributed by atoms with van der Waals surface area (Å²) in [5.74, 6) is 1.14. The van der Waals surface area contributed by atoms with Crippen LogP contribution < -0.4 is 14.8 Å². The van der Waals surface area contributed by atoms with Gasteiger partial charge >= 0.3 is 0 Å². The van der Waals surface area contributed by atoms with Crippen LogP contribution in [0.3, 0.4) is 0 Å². The van der Waals surface area contributed by atoms with E-state index in [-0.39, 0.29) is 5.91 Å². The van der Waals surface area contributed by atoms with Crippen molar-refractivity contribution in [3.05, 3.63) is 58.6 Å². The van der Waals surface area contributed by atoms with Crippen LogP contribution >= 0.6 is 11.6 Å². The number of halogens is 1. The summed E-state index contributed by atoms with van der Waals surface area (Å²) >= 11 is 6.07. The molecule has 0 radical (unpaired) electrons. The summed E-state index contributed by atoms with van der Waals surface area (Å²) in [4.78, 5) is 12.3. The molecule has 0 aliphatic carbocycles. The zero-order chi connectivity index (χ0) is 18.2. The highest BCUT2D eigenvalue weighted by Crippen LogP contribution is 2.24. The largest absolute Gasteiger partial charge is 0.492 e. The highest BCUT2D eigenvalue weighted by Gasteiger charge is 2.18. The molecule has 0 saturated carbocycles. The van der Waals surface area contributed by atoms with Crippen molar-refractivity contribution in [1.29, 1.82) is 0 Å². The van der Waals surface area contributed by atoms with Gasteiger partial charge in [0.25, 0.3) is 5.91 Å². The molecule has 1 unspecified atom stereocenters. The lowest BCUT2D eigenvalue weighted by atomic mass is 10.1. The van der Waals surface area contributed by atoms with Gasteiger partial charge in [0, 0.05) is 0 Å². The van der Waals surface area contributed by atoms with Crippen LogP contribution in [0.4, 0.5) is 0 Å². The number of amides is 1. The molecule has 0 aliphatic heterocycles. The Bertz CT molecular complexity index is 718. The normalized spacial score (nSPS) is 11.7. The van der Waals surface area contributed by atoms with Gasteiger partial charge in [-0.15, -0.1) is 0 Å². The zero-order valence-electron chi connectivity index (χ0n) is 14.8. The van der Waals surface area contributed by atoms with E-state index in [1.165, 1.54) is 11.1 Å². The van der Waals surface area contributed by atoms with Crippen molar-refractivity contribution >= 4 is 17.5 Å². The van der Waals surface area contributed by atoms with Gasteiger partial charge in [0.2, 0.25) is 0 Å². The molecule has 1 atom stereocenters.